The number of aromatic nitrogens is 5. The second-order valence-electron chi connectivity index (χ2n) is 11.4. The van der Waals surface area contributed by atoms with E-state index < -0.39 is 0 Å². The molecule has 3 heterocycles. The summed E-state index contributed by atoms with van der Waals surface area (Å²) in [5.41, 5.74) is 8.64. The van der Waals surface area contributed by atoms with E-state index in [0.717, 1.165) is 44.1 Å². The molecule has 0 aliphatic heterocycles. The maximum atomic E-state index is 5.17. The molecule has 0 radical (unpaired) electrons. The molecular weight excluding hydrogens is 550 g/mol. The quantitative estimate of drug-likeness (QED) is 0.209. The van der Waals surface area contributed by atoms with Crippen LogP contribution in [0.25, 0.3) is 78.0 Å². The fourth-order valence-corrected chi connectivity index (χ4v) is 6.73. The van der Waals surface area contributed by atoms with Crippen LogP contribution in [-0.4, -0.2) is 24.1 Å². The molecule has 0 spiro atoms. The summed E-state index contributed by atoms with van der Waals surface area (Å²) >= 11 is 0. The minimum Gasteiger partial charge on any atom is -0.307 e. The fraction of sp³-hybridized carbons (Fsp3) is 0.0250. The number of para-hydroxylation sites is 4. The van der Waals surface area contributed by atoms with Gasteiger partial charge in [-0.05, 0) is 30.7 Å². The third-order valence-corrected chi connectivity index (χ3v) is 8.70. The number of hydrogen-bond donors (Lipinski definition) is 0. The van der Waals surface area contributed by atoms with Crippen molar-refractivity contribution in [1.82, 2.24) is 24.1 Å². The highest BCUT2D eigenvalue weighted by atomic mass is 15.2. The van der Waals surface area contributed by atoms with Gasteiger partial charge in [-0.1, -0.05) is 127 Å². The van der Waals surface area contributed by atoms with Crippen molar-refractivity contribution in [3.8, 4) is 34.4 Å². The average Bonchev–Trinajstić information content (AvgIpc) is 3.63. The van der Waals surface area contributed by atoms with Gasteiger partial charge in [0.15, 0.2) is 11.6 Å². The topological polar surface area (TPSA) is 48.5 Å². The second-order valence-corrected chi connectivity index (χ2v) is 11.4. The molecule has 5 nitrogen and oxygen atoms in total. The molecule has 0 aliphatic rings. The number of aryl methyl sites for hydroxylation is 1. The van der Waals surface area contributed by atoms with E-state index in [-0.39, 0.29) is 0 Å². The van der Waals surface area contributed by atoms with Gasteiger partial charge in [-0.15, -0.1) is 0 Å². The van der Waals surface area contributed by atoms with Crippen molar-refractivity contribution in [3.05, 3.63) is 151 Å². The monoisotopic (exact) mass is 577 g/mol. The van der Waals surface area contributed by atoms with E-state index in [1.807, 2.05) is 60.7 Å². The van der Waals surface area contributed by atoms with Gasteiger partial charge in [0.2, 0.25) is 5.95 Å². The van der Waals surface area contributed by atoms with Crippen molar-refractivity contribution in [3.63, 3.8) is 0 Å². The Balaban J connectivity index is 1.44. The van der Waals surface area contributed by atoms with E-state index in [2.05, 4.69) is 101 Å². The van der Waals surface area contributed by atoms with Crippen LogP contribution in [0, 0.1) is 6.92 Å². The first-order valence-electron chi connectivity index (χ1n) is 15.1. The number of rotatable bonds is 4. The Bertz CT molecular complexity index is 2490. The zero-order valence-corrected chi connectivity index (χ0v) is 24.6. The van der Waals surface area contributed by atoms with Crippen LogP contribution in [-0.2, 0) is 0 Å². The largest absolute Gasteiger partial charge is 0.307 e. The van der Waals surface area contributed by atoms with E-state index >= 15 is 0 Å². The van der Waals surface area contributed by atoms with E-state index in [0.29, 0.717) is 17.6 Å². The lowest BCUT2D eigenvalue weighted by Crippen LogP contribution is -2.08. The number of hydrogen-bond acceptors (Lipinski definition) is 3. The van der Waals surface area contributed by atoms with Gasteiger partial charge in [0.1, 0.15) is 0 Å². The van der Waals surface area contributed by atoms with E-state index in [1.54, 1.807) is 0 Å². The molecule has 9 aromatic rings. The van der Waals surface area contributed by atoms with Gasteiger partial charge < -0.3 is 4.57 Å². The summed E-state index contributed by atoms with van der Waals surface area (Å²) in [5, 5.41) is 4.76. The molecule has 0 amide bonds. The van der Waals surface area contributed by atoms with Gasteiger partial charge >= 0.3 is 0 Å². The van der Waals surface area contributed by atoms with Crippen LogP contribution in [0.1, 0.15) is 5.56 Å². The summed E-state index contributed by atoms with van der Waals surface area (Å²) in [7, 11) is 0. The Morgan fingerprint density at radius 1 is 0.400 bits per heavy atom. The standard InChI is InChI=1S/C40H27N5/c1-26-14-12-21-31-29-19-8-10-23-33(29)44(36(26)31)35-25-13-22-32-30-20-9-11-24-34(30)45(37(32)35)40-42-38(27-15-4-2-5-16-27)41-39(43-40)28-17-6-3-7-18-28/h2-25H,1H3. The van der Waals surface area contributed by atoms with E-state index in [4.69, 9.17) is 15.0 Å². The zero-order valence-electron chi connectivity index (χ0n) is 24.6. The van der Waals surface area contributed by atoms with Crippen LogP contribution in [0.15, 0.2) is 146 Å². The molecule has 0 saturated heterocycles. The Morgan fingerprint density at radius 3 is 1.51 bits per heavy atom. The second kappa shape index (κ2) is 10.00. The summed E-state index contributed by atoms with van der Waals surface area (Å²) in [5.74, 6) is 1.85. The van der Waals surface area contributed by atoms with Crippen molar-refractivity contribution in [2.75, 3.05) is 0 Å². The smallest absolute Gasteiger partial charge is 0.238 e. The van der Waals surface area contributed by atoms with Crippen LogP contribution in [0.3, 0.4) is 0 Å². The molecule has 3 aromatic heterocycles. The van der Waals surface area contributed by atoms with Crippen molar-refractivity contribution < 1.29 is 0 Å². The predicted molar refractivity (Wildman–Crippen MR) is 184 cm³/mol. The van der Waals surface area contributed by atoms with Gasteiger partial charge in [-0.25, -0.2) is 4.98 Å². The molecule has 0 bridgehead atoms. The molecule has 0 unspecified atom stereocenters. The molecule has 0 saturated carbocycles. The fourth-order valence-electron chi connectivity index (χ4n) is 6.73. The third kappa shape index (κ3) is 3.91. The highest BCUT2D eigenvalue weighted by Gasteiger charge is 2.22. The van der Waals surface area contributed by atoms with E-state index in [9.17, 15) is 0 Å². The summed E-state index contributed by atoms with van der Waals surface area (Å²) in [6.45, 7) is 2.19. The van der Waals surface area contributed by atoms with Gasteiger partial charge in [-0.3, -0.25) is 4.57 Å². The normalized spacial score (nSPS) is 11.7. The number of nitrogens with zero attached hydrogens (tertiary/aromatic N) is 5. The highest BCUT2D eigenvalue weighted by molar-refractivity contribution is 6.15. The molecular formula is C40H27N5. The summed E-state index contributed by atoms with van der Waals surface area (Å²) in [6.07, 6.45) is 0. The van der Waals surface area contributed by atoms with Crippen LogP contribution in [0.4, 0.5) is 0 Å². The molecule has 5 heteroatoms. The lowest BCUT2D eigenvalue weighted by molar-refractivity contribution is 0.950. The predicted octanol–water partition coefficient (Wildman–Crippen LogP) is 9.71. The molecule has 212 valence electrons. The summed E-state index contributed by atoms with van der Waals surface area (Å²) in [4.78, 5) is 15.3. The minimum absolute atomic E-state index is 0.582. The summed E-state index contributed by atoms with van der Waals surface area (Å²) in [6, 6.07) is 50.6. The molecule has 45 heavy (non-hydrogen) atoms. The van der Waals surface area contributed by atoms with Crippen LogP contribution >= 0.6 is 0 Å². The van der Waals surface area contributed by atoms with E-state index in [1.165, 1.54) is 21.9 Å². The van der Waals surface area contributed by atoms with Crippen molar-refractivity contribution in [2.45, 2.75) is 6.92 Å². The highest BCUT2D eigenvalue weighted by Crippen LogP contribution is 2.40. The van der Waals surface area contributed by atoms with Gasteiger partial charge in [0.25, 0.3) is 0 Å². The zero-order chi connectivity index (χ0) is 29.9. The first kappa shape index (κ1) is 25.4. The number of fused-ring (bicyclic) bond motifs is 6. The van der Waals surface area contributed by atoms with Crippen LogP contribution in [0.2, 0.25) is 0 Å². The Morgan fingerprint density at radius 2 is 0.889 bits per heavy atom. The van der Waals surface area contributed by atoms with Crippen molar-refractivity contribution in [2.24, 2.45) is 0 Å². The SMILES string of the molecule is Cc1cccc2c3ccccc3n(-c3cccc4c5ccccc5n(-c5nc(-c6ccccc6)nc(-c6ccccc6)n5)c34)c12. The van der Waals surface area contributed by atoms with Crippen LogP contribution < -0.4 is 0 Å². The molecule has 0 atom stereocenters. The molecule has 9 rings (SSSR count). The third-order valence-electron chi connectivity index (χ3n) is 8.70. The van der Waals surface area contributed by atoms with Crippen molar-refractivity contribution >= 4 is 43.6 Å². The Kier molecular flexibility index (Phi) is 5.65. The van der Waals surface area contributed by atoms with Crippen LogP contribution in [0.5, 0.6) is 0 Å². The van der Waals surface area contributed by atoms with Gasteiger partial charge in [0, 0.05) is 32.7 Å². The Labute approximate surface area is 259 Å². The lowest BCUT2D eigenvalue weighted by atomic mass is 10.1. The average molecular weight is 578 g/mol. The molecule has 0 aliphatic carbocycles. The summed E-state index contributed by atoms with van der Waals surface area (Å²) < 4.78 is 4.63. The van der Waals surface area contributed by atoms with Crippen molar-refractivity contribution in [1.29, 1.82) is 0 Å². The maximum absolute atomic E-state index is 5.17. The molecule has 0 fully saturated rings. The first-order chi connectivity index (χ1) is 22.3. The van der Waals surface area contributed by atoms with Gasteiger partial charge in [0.05, 0.1) is 27.8 Å². The molecule has 6 aromatic carbocycles. The minimum atomic E-state index is 0.582. The number of benzene rings is 6. The first-order valence-corrected chi connectivity index (χ1v) is 15.1. The Hall–Kier alpha value is -6.07. The maximum Gasteiger partial charge on any atom is 0.238 e. The molecule has 0 N–H and O–H groups in total. The van der Waals surface area contributed by atoms with Gasteiger partial charge in [-0.2, -0.15) is 9.97 Å². The lowest BCUT2D eigenvalue weighted by Gasteiger charge is -2.15.